The van der Waals surface area contributed by atoms with E-state index in [2.05, 4.69) is 56.9 Å². The molecular weight excluding hydrogens is 576 g/mol. The molecule has 1 unspecified atom stereocenters. The Morgan fingerprint density at radius 1 is 0.891 bits per heavy atom. The van der Waals surface area contributed by atoms with Gasteiger partial charge in [0.15, 0.2) is 5.79 Å². The quantitative estimate of drug-likeness (QED) is 0.412. The van der Waals surface area contributed by atoms with Crippen molar-refractivity contribution in [3.8, 4) is 0 Å². The van der Waals surface area contributed by atoms with Crippen LogP contribution < -0.4 is 5.32 Å². The predicted molar refractivity (Wildman–Crippen MR) is 180 cm³/mol. The van der Waals surface area contributed by atoms with Crippen LogP contribution >= 0.6 is 0 Å². The Hall–Kier alpha value is -1.22. The second-order valence-electron chi connectivity index (χ2n) is 17.9. The van der Waals surface area contributed by atoms with Gasteiger partial charge in [-0.1, -0.05) is 27.7 Å². The highest BCUT2D eigenvalue weighted by atomic mass is 16.7. The Kier molecular flexibility index (Phi) is 9.11. The van der Waals surface area contributed by atoms with Crippen LogP contribution in [-0.4, -0.2) is 104 Å². The third kappa shape index (κ3) is 5.77. The molecule has 0 aromatic rings. The molecule has 7 rings (SSSR count). The van der Waals surface area contributed by atoms with Gasteiger partial charge in [-0.2, -0.15) is 0 Å². The van der Waals surface area contributed by atoms with Crippen molar-refractivity contribution < 1.29 is 19.1 Å². The molecular formula is C38H64N4O4. The van der Waals surface area contributed by atoms with Gasteiger partial charge < -0.3 is 24.6 Å². The fraction of sp³-hybridized carbons (Fsp3) is 0.947. The first-order valence-electron chi connectivity index (χ1n) is 19.2. The average molecular weight is 641 g/mol. The Morgan fingerprint density at radius 3 is 2.37 bits per heavy atom. The molecule has 8 heteroatoms. The van der Waals surface area contributed by atoms with Crippen LogP contribution in [0, 0.1) is 52.3 Å². The van der Waals surface area contributed by atoms with E-state index in [0.29, 0.717) is 40.6 Å². The maximum absolute atomic E-state index is 13.1. The number of rotatable bonds is 6. The first kappa shape index (κ1) is 33.3. The van der Waals surface area contributed by atoms with E-state index in [1.807, 2.05) is 4.90 Å². The Morgan fingerprint density at radius 2 is 1.65 bits per heavy atom. The molecule has 2 amide bonds. The van der Waals surface area contributed by atoms with Crippen molar-refractivity contribution in [2.75, 3.05) is 60.0 Å². The minimum absolute atomic E-state index is 0.00469. The van der Waals surface area contributed by atoms with Gasteiger partial charge in [-0.25, -0.2) is 0 Å². The molecule has 12 atom stereocenters. The number of nitrogens with zero attached hydrogens (tertiary/aromatic N) is 3. The number of hydrogen-bond donors (Lipinski definition) is 1. The van der Waals surface area contributed by atoms with Crippen molar-refractivity contribution in [1.82, 2.24) is 20.0 Å². The second kappa shape index (κ2) is 12.6. The van der Waals surface area contributed by atoms with E-state index in [1.54, 1.807) is 0 Å². The van der Waals surface area contributed by atoms with Crippen LogP contribution in [0.1, 0.15) is 98.3 Å². The van der Waals surface area contributed by atoms with Gasteiger partial charge in [0, 0.05) is 57.6 Å². The lowest BCUT2D eigenvalue weighted by atomic mass is 9.44. The van der Waals surface area contributed by atoms with Crippen LogP contribution in [0.3, 0.4) is 0 Å². The lowest BCUT2D eigenvalue weighted by Gasteiger charge is -2.61. The maximum Gasteiger partial charge on any atom is 0.232 e. The number of ether oxygens (including phenoxy) is 2. The van der Waals surface area contributed by atoms with Gasteiger partial charge in [0.2, 0.25) is 11.8 Å². The number of carbonyl (C=O) groups is 2. The summed E-state index contributed by atoms with van der Waals surface area (Å²) in [7, 11) is 4.19. The zero-order chi connectivity index (χ0) is 32.4. The molecule has 3 saturated heterocycles. The number of hydrogen-bond acceptors (Lipinski definition) is 6. The number of carbonyl (C=O) groups excluding carboxylic acids is 2. The molecule has 0 radical (unpaired) electrons. The lowest BCUT2D eigenvalue weighted by molar-refractivity contribution is -0.273. The van der Waals surface area contributed by atoms with E-state index in [-0.39, 0.29) is 30.1 Å². The van der Waals surface area contributed by atoms with Crippen molar-refractivity contribution in [3.05, 3.63) is 0 Å². The molecule has 0 aromatic carbocycles. The largest absolute Gasteiger partial charge is 0.353 e. The summed E-state index contributed by atoms with van der Waals surface area (Å²) in [4.78, 5) is 32.6. The topological polar surface area (TPSA) is 74.3 Å². The van der Waals surface area contributed by atoms with Crippen LogP contribution in [0.15, 0.2) is 0 Å². The van der Waals surface area contributed by atoms with Gasteiger partial charge in [-0.15, -0.1) is 0 Å². The van der Waals surface area contributed by atoms with Crippen LogP contribution in [0.5, 0.6) is 0 Å². The summed E-state index contributed by atoms with van der Waals surface area (Å²) in [5, 5.41) is 3.33. The number of amides is 2. The van der Waals surface area contributed by atoms with Crippen molar-refractivity contribution in [2.24, 2.45) is 52.3 Å². The summed E-state index contributed by atoms with van der Waals surface area (Å²) in [6.07, 6.45) is 12.5. The van der Waals surface area contributed by atoms with Gasteiger partial charge in [0.1, 0.15) is 6.42 Å². The Balaban J connectivity index is 0.917. The molecule has 1 spiro atoms. The van der Waals surface area contributed by atoms with E-state index < -0.39 is 0 Å². The summed E-state index contributed by atoms with van der Waals surface area (Å²) in [5.41, 5.74) is 0.725. The lowest BCUT2D eigenvalue weighted by Crippen LogP contribution is -2.56. The summed E-state index contributed by atoms with van der Waals surface area (Å²) in [5.74, 6) is 4.36. The van der Waals surface area contributed by atoms with Gasteiger partial charge in [0.25, 0.3) is 0 Å². The molecule has 8 nitrogen and oxygen atoms in total. The number of fused-ring (bicyclic) bond motifs is 7. The minimum Gasteiger partial charge on any atom is -0.353 e. The number of likely N-dealkylation sites (N-methyl/N-ethyl adjacent to an activating group) is 1. The third-order valence-electron chi connectivity index (χ3n) is 15.2. The molecule has 260 valence electrons. The fourth-order valence-corrected chi connectivity index (χ4v) is 12.5. The van der Waals surface area contributed by atoms with Crippen LogP contribution in [0.2, 0.25) is 0 Å². The molecule has 0 bridgehead atoms. The number of nitrogens with one attached hydrogen (secondary N) is 1. The van der Waals surface area contributed by atoms with Crippen molar-refractivity contribution >= 4 is 11.8 Å². The third-order valence-corrected chi connectivity index (χ3v) is 15.2. The average Bonchev–Trinajstić information content (AvgIpc) is 3.47. The molecule has 4 aliphatic carbocycles. The smallest absolute Gasteiger partial charge is 0.232 e. The molecule has 7 fully saturated rings. The van der Waals surface area contributed by atoms with Crippen molar-refractivity contribution in [1.29, 1.82) is 0 Å². The second-order valence-corrected chi connectivity index (χ2v) is 17.9. The zero-order valence-corrected chi connectivity index (χ0v) is 29.9. The van der Waals surface area contributed by atoms with E-state index in [4.69, 9.17) is 9.47 Å². The zero-order valence-electron chi connectivity index (χ0n) is 29.9. The first-order valence-corrected chi connectivity index (χ1v) is 19.2. The van der Waals surface area contributed by atoms with Gasteiger partial charge in [-0.05, 0) is 118 Å². The van der Waals surface area contributed by atoms with Crippen LogP contribution in [-0.2, 0) is 19.1 Å². The van der Waals surface area contributed by atoms with Gasteiger partial charge in [0.05, 0.1) is 12.7 Å². The maximum atomic E-state index is 13.1. The van der Waals surface area contributed by atoms with Gasteiger partial charge >= 0.3 is 0 Å². The van der Waals surface area contributed by atoms with Gasteiger partial charge in [-0.3, -0.25) is 14.5 Å². The molecule has 7 aliphatic rings. The van der Waals surface area contributed by atoms with E-state index >= 15 is 0 Å². The highest BCUT2D eigenvalue weighted by molar-refractivity contribution is 5.97. The van der Waals surface area contributed by atoms with E-state index in [0.717, 1.165) is 82.9 Å². The van der Waals surface area contributed by atoms with Crippen LogP contribution in [0.25, 0.3) is 0 Å². The summed E-state index contributed by atoms with van der Waals surface area (Å²) < 4.78 is 13.5. The predicted octanol–water partition coefficient (Wildman–Crippen LogP) is 5.01. The Labute approximate surface area is 279 Å². The highest BCUT2D eigenvalue weighted by Gasteiger charge is 2.69. The molecule has 4 saturated carbocycles. The minimum atomic E-state index is -0.329. The van der Waals surface area contributed by atoms with Crippen molar-refractivity contribution in [2.45, 2.75) is 116 Å². The van der Waals surface area contributed by atoms with Crippen molar-refractivity contribution in [3.63, 3.8) is 0 Å². The Bertz CT molecular complexity index is 1130. The van der Waals surface area contributed by atoms with Crippen LogP contribution in [0.4, 0.5) is 0 Å². The molecule has 3 aliphatic heterocycles. The summed E-state index contributed by atoms with van der Waals surface area (Å²) in [6.45, 7) is 16.2. The molecule has 0 aromatic heterocycles. The highest BCUT2D eigenvalue weighted by Crippen LogP contribution is 2.71. The summed E-state index contributed by atoms with van der Waals surface area (Å²) >= 11 is 0. The fourth-order valence-electron chi connectivity index (χ4n) is 12.5. The molecule has 1 N–H and O–H groups in total. The number of piperazine rings is 1. The van der Waals surface area contributed by atoms with E-state index in [1.165, 1.54) is 44.9 Å². The molecule has 46 heavy (non-hydrogen) atoms. The standard InChI is InChI=1S/C38H64N4O4/c1-25-9-14-38(45-24-25)26(2)35-32(46-38)22-31-29-8-7-27-21-28(10-12-36(27,3)30(29)11-13-37(31,35)4)39-33(43)23-34(44)42-19-17-41(18-20-42)16-15-40(5)6/h25-32,35H,7-24H2,1-6H3,(H,39,43)/t25-,26-,27+,28-,29+,30?,31-,32-,35-,36-,37-,38+/m0/s1. The summed E-state index contributed by atoms with van der Waals surface area (Å²) in [6, 6.07) is 0.209. The first-order chi connectivity index (χ1) is 21.9. The van der Waals surface area contributed by atoms with E-state index in [9.17, 15) is 9.59 Å². The monoisotopic (exact) mass is 640 g/mol. The normalized spacial score (nSPS) is 47.3. The molecule has 3 heterocycles. The SMILES string of the molecule is C[C@H]1CC[C@@]2(OC1)O[C@H]1C[C@H]3[C@@H]4CC[C@@H]5C[C@@H](NC(=O)CC(=O)N6CCN(CCN(C)C)CC6)CC[C@]5(C)C4CC[C@]3(C)[C@H]1[C@@H]2C.